The molecule has 10 heteroatoms. The van der Waals surface area contributed by atoms with Gasteiger partial charge in [0.15, 0.2) is 10.9 Å². The van der Waals surface area contributed by atoms with Crippen LogP contribution in [-0.2, 0) is 14.9 Å². The van der Waals surface area contributed by atoms with Gasteiger partial charge in [0, 0.05) is 5.56 Å². The van der Waals surface area contributed by atoms with E-state index in [0.717, 1.165) is 30.0 Å². The molecule has 1 fully saturated rings. The van der Waals surface area contributed by atoms with E-state index in [1.54, 1.807) is 24.3 Å². The second-order valence-corrected chi connectivity index (χ2v) is 10.8. The Hall–Kier alpha value is -3.37. The highest BCUT2D eigenvalue weighted by atomic mass is 32.2. The van der Waals surface area contributed by atoms with Crippen molar-refractivity contribution in [2.75, 3.05) is 6.61 Å². The number of amidine groups is 1. The molecule has 0 aliphatic carbocycles. The first-order chi connectivity index (χ1) is 17.4. The molecule has 1 atom stereocenters. The van der Waals surface area contributed by atoms with Crippen molar-refractivity contribution in [3.8, 4) is 11.5 Å². The molecule has 1 amide bonds. The summed E-state index contributed by atoms with van der Waals surface area (Å²) in [4.78, 5) is 12.1. The van der Waals surface area contributed by atoms with Gasteiger partial charge in [0.25, 0.3) is 0 Å². The monoisotopic (exact) mass is 525 g/mol. The zero-order valence-electron chi connectivity index (χ0n) is 20.0. The van der Waals surface area contributed by atoms with Crippen molar-refractivity contribution in [1.29, 1.82) is 0 Å². The minimum atomic E-state index is -4.11. The van der Waals surface area contributed by atoms with E-state index in [2.05, 4.69) is 22.4 Å². The molecule has 0 aromatic heterocycles. The molecule has 188 valence electrons. The Bertz CT molecular complexity index is 1400. The van der Waals surface area contributed by atoms with E-state index in [1.807, 2.05) is 31.2 Å². The quantitative estimate of drug-likeness (QED) is 0.224. The van der Waals surface area contributed by atoms with E-state index in [9.17, 15) is 13.2 Å². The second-order valence-electron chi connectivity index (χ2n) is 8.03. The van der Waals surface area contributed by atoms with Gasteiger partial charge in [0.1, 0.15) is 10.6 Å². The fourth-order valence-electron chi connectivity index (χ4n) is 3.69. The number of hydrogen-bond donors (Lipinski definition) is 1. The predicted molar refractivity (Wildman–Crippen MR) is 143 cm³/mol. The lowest BCUT2D eigenvalue weighted by Crippen LogP contribution is -2.24. The SMILES string of the molecule is CCCC[C@@H]1S/C(=N\N=C/c2c(OS(=O)(=O)c3ccc(OCC)cc3)ccc3ccccc23)NC1=O. The van der Waals surface area contributed by atoms with E-state index in [1.165, 1.54) is 30.1 Å². The van der Waals surface area contributed by atoms with Crippen molar-refractivity contribution in [3.63, 3.8) is 0 Å². The zero-order valence-corrected chi connectivity index (χ0v) is 21.6. The maximum Gasteiger partial charge on any atom is 0.339 e. The summed E-state index contributed by atoms with van der Waals surface area (Å²) in [5.41, 5.74) is 0.462. The molecule has 0 saturated carbocycles. The number of ether oxygens (including phenoxy) is 1. The Morgan fingerprint density at radius 2 is 1.83 bits per heavy atom. The number of nitrogens with one attached hydrogen (secondary N) is 1. The Balaban J connectivity index is 1.62. The average molecular weight is 526 g/mol. The predicted octanol–water partition coefficient (Wildman–Crippen LogP) is 5.12. The van der Waals surface area contributed by atoms with Crippen LogP contribution < -0.4 is 14.2 Å². The number of rotatable bonds is 10. The first-order valence-electron chi connectivity index (χ1n) is 11.7. The maximum absolute atomic E-state index is 13.0. The molecule has 0 spiro atoms. The van der Waals surface area contributed by atoms with Crippen LogP contribution in [0.3, 0.4) is 0 Å². The maximum atomic E-state index is 13.0. The number of carbonyl (C=O) groups is 1. The van der Waals surface area contributed by atoms with Crippen molar-refractivity contribution in [3.05, 3.63) is 66.2 Å². The molecule has 0 bridgehead atoms. The number of benzene rings is 3. The van der Waals surface area contributed by atoms with E-state index < -0.39 is 10.1 Å². The topological polar surface area (TPSA) is 106 Å². The summed E-state index contributed by atoms with van der Waals surface area (Å²) in [5, 5.41) is 12.9. The van der Waals surface area contributed by atoms with Crippen LogP contribution in [0.25, 0.3) is 10.8 Å². The van der Waals surface area contributed by atoms with Crippen LogP contribution in [0, 0.1) is 0 Å². The molecule has 3 aromatic carbocycles. The molecule has 36 heavy (non-hydrogen) atoms. The largest absolute Gasteiger partial charge is 0.494 e. The minimum absolute atomic E-state index is 0.00503. The summed E-state index contributed by atoms with van der Waals surface area (Å²) in [6, 6.07) is 16.9. The van der Waals surface area contributed by atoms with Gasteiger partial charge in [-0.3, -0.25) is 4.79 Å². The number of fused-ring (bicyclic) bond motifs is 1. The summed E-state index contributed by atoms with van der Waals surface area (Å²) in [6.07, 6.45) is 4.20. The number of nitrogens with zero attached hydrogens (tertiary/aromatic N) is 2. The summed E-state index contributed by atoms with van der Waals surface area (Å²) in [6.45, 7) is 4.41. The molecular formula is C26H27N3O5S2. The van der Waals surface area contributed by atoms with Gasteiger partial charge >= 0.3 is 10.1 Å². The van der Waals surface area contributed by atoms with Crippen LogP contribution in [0.2, 0.25) is 0 Å². The number of thioether (sulfide) groups is 1. The minimum Gasteiger partial charge on any atom is -0.494 e. The van der Waals surface area contributed by atoms with Crippen LogP contribution in [0.5, 0.6) is 11.5 Å². The molecule has 1 aliphatic heterocycles. The first kappa shape index (κ1) is 25.7. The standard InChI is InChI=1S/C26H27N3O5S2/c1-3-5-10-24-25(30)28-26(35-24)29-27-17-22-21-9-7-6-8-18(21)11-16-23(22)34-36(31,32)20-14-12-19(13-15-20)33-4-2/h6-9,11-17,24H,3-5,10H2,1-2H3,(H,28,29,30)/b27-17-/t24-/m0/s1. The van der Waals surface area contributed by atoms with Gasteiger partial charge in [-0.1, -0.05) is 61.9 Å². The van der Waals surface area contributed by atoms with Crippen LogP contribution in [-0.4, -0.2) is 37.6 Å². The lowest BCUT2D eigenvalue weighted by Gasteiger charge is -2.12. The second kappa shape index (κ2) is 11.6. The van der Waals surface area contributed by atoms with Gasteiger partial charge in [-0.2, -0.15) is 13.5 Å². The van der Waals surface area contributed by atoms with Crippen LogP contribution in [0.15, 0.2) is 75.8 Å². The summed E-state index contributed by atoms with van der Waals surface area (Å²) in [7, 11) is -4.11. The van der Waals surface area contributed by atoms with E-state index in [0.29, 0.717) is 23.1 Å². The van der Waals surface area contributed by atoms with E-state index in [4.69, 9.17) is 8.92 Å². The third-order valence-corrected chi connectivity index (χ3v) is 7.88. The number of amides is 1. The van der Waals surface area contributed by atoms with Crippen LogP contribution in [0.1, 0.15) is 38.7 Å². The lowest BCUT2D eigenvalue weighted by atomic mass is 10.0. The molecule has 0 unspecified atom stereocenters. The van der Waals surface area contributed by atoms with Crippen molar-refractivity contribution in [1.82, 2.24) is 5.32 Å². The van der Waals surface area contributed by atoms with Gasteiger partial charge < -0.3 is 14.2 Å². The fraction of sp³-hybridized carbons (Fsp3) is 0.269. The fourth-order valence-corrected chi connectivity index (χ4v) is 5.61. The molecule has 1 saturated heterocycles. The third kappa shape index (κ3) is 6.06. The number of carbonyl (C=O) groups excluding carboxylic acids is 1. The van der Waals surface area contributed by atoms with Gasteiger partial charge in [-0.25, -0.2) is 0 Å². The smallest absolute Gasteiger partial charge is 0.339 e. The summed E-state index contributed by atoms with van der Waals surface area (Å²) in [5.74, 6) is 0.622. The molecule has 1 heterocycles. The molecule has 0 radical (unpaired) electrons. The van der Waals surface area contributed by atoms with Gasteiger partial charge in [-0.15, -0.1) is 5.10 Å². The molecule has 4 rings (SSSR count). The van der Waals surface area contributed by atoms with Crippen LogP contribution in [0.4, 0.5) is 0 Å². The molecule has 1 aliphatic rings. The first-order valence-corrected chi connectivity index (χ1v) is 14.0. The molecule has 8 nitrogen and oxygen atoms in total. The Morgan fingerprint density at radius 3 is 2.58 bits per heavy atom. The van der Waals surface area contributed by atoms with Gasteiger partial charge in [0.2, 0.25) is 5.91 Å². The Kier molecular flexibility index (Phi) is 8.27. The van der Waals surface area contributed by atoms with Gasteiger partial charge in [0.05, 0.1) is 18.1 Å². The number of unbranched alkanes of at least 4 members (excludes halogenated alkanes) is 1. The lowest BCUT2D eigenvalue weighted by molar-refractivity contribution is -0.118. The van der Waals surface area contributed by atoms with E-state index in [-0.39, 0.29) is 21.8 Å². The zero-order chi connectivity index (χ0) is 25.5. The molecule has 1 N–H and O–H groups in total. The average Bonchev–Trinajstić information content (AvgIpc) is 3.23. The Morgan fingerprint density at radius 1 is 1.06 bits per heavy atom. The highest BCUT2D eigenvalue weighted by molar-refractivity contribution is 8.15. The van der Waals surface area contributed by atoms with Crippen LogP contribution >= 0.6 is 11.8 Å². The van der Waals surface area contributed by atoms with E-state index >= 15 is 0 Å². The summed E-state index contributed by atoms with van der Waals surface area (Å²) < 4.78 is 37.0. The molecule has 3 aromatic rings. The number of hydrogen-bond acceptors (Lipinski definition) is 8. The van der Waals surface area contributed by atoms with Gasteiger partial charge in [-0.05, 0) is 54.4 Å². The normalized spacial score (nSPS) is 17.1. The van der Waals surface area contributed by atoms with Crippen molar-refractivity contribution >= 4 is 49.9 Å². The van der Waals surface area contributed by atoms with Crippen molar-refractivity contribution in [2.24, 2.45) is 10.2 Å². The Labute approximate surface area is 214 Å². The van der Waals surface area contributed by atoms with Crippen molar-refractivity contribution < 1.29 is 22.1 Å². The van der Waals surface area contributed by atoms with Crippen molar-refractivity contribution in [2.45, 2.75) is 43.3 Å². The third-order valence-electron chi connectivity index (χ3n) is 5.49. The highest BCUT2D eigenvalue weighted by Crippen LogP contribution is 2.30. The highest BCUT2D eigenvalue weighted by Gasteiger charge is 2.29. The molecular weight excluding hydrogens is 498 g/mol. The summed E-state index contributed by atoms with van der Waals surface area (Å²) >= 11 is 1.35.